The normalized spacial score (nSPS) is 26.3. The highest BCUT2D eigenvalue weighted by atomic mass is 79.9. The Balaban J connectivity index is 2.95. The van der Waals surface area contributed by atoms with E-state index in [-0.39, 0.29) is 18.0 Å². The molecule has 0 aliphatic heterocycles. The molecule has 3 nitrogen and oxygen atoms in total. The molecule has 0 N–H and O–H groups in total. The molecular formula is C11H20BrF2O3P. The van der Waals surface area contributed by atoms with Crippen molar-refractivity contribution in [2.75, 3.05) is 13.2 Å². The lowest BCUT2D eigenvalue weighted by Crippen LogP contribution is -2.37. The van der Waals surface area contributed by atoms with E-state index in [4.69, 9.17) is 9.05 Å². The average molecular weight is 349 g/mol. The zero-order valence-corrected chi connectivity index (χ0v) is 13.2. The summed E-state index contributed by atoms with van der Waals surface area (Å²) in [5.41, 5.74) is -3.44. The average Bonchev–Trinajstić information content (AvgIpc) is 2.29. The zero-order chi connectivity index (χ0) is 13.8. The summed E-state index contributed by atoms with van der Waals surface area (Å²) in [7, 11) is -4.39. The molecule has 1 fully saturated rings. The first-order chi connectivity index (χ1) is 8.39. The number of hydrogen-bond acceptors (Lipinski definition) is 3. The van der Waals surface area contributed by atoms with Gasteiger partial charge < -0.3 is 9.05 Å². The minimum absolute atomic E-state index is 0.0491. The summed E-state index contributed by atoms with van der Waals surface area (Å²) in [6, 6.07) is 0. The Morgan fingerprint density at radius 3 is 2.17 bits per heavy atom. The maximum atomic E-state index is 14.4. The van der Waals surface area contributed by atoms with Gasteiger partial charge in [-0.25, -0.2) is 0 Å². The van der Waals surface area contributed by atoms with Crippen molar-refractivity contribution in [3.8, 4) is 0 Å². The standard InChI is InChI=1S/C11H20BrF2O3P/c1-3-16-18(15,17-4-2)11(13,14)9-7-5-6-8-10(9)12/h9-10H,3-8H2,1-2H3. The first kappa shape index (κ1) is 16.5. The molecule has 108 valence electrons. The summed E-state index contributed by atoms with van der Waals surface area (Å²) in [5, 5.41) is 0. The van der Waals surface area contributed by atoms with Crippen molar-refractivity contribution in [2.24, 2.45) is 5.92 Å². The summed E-state index contributed by atoms with van der Waals surface area (Å²) in [6.07, 6.45) is 2.64. The Labute approximate surface area is 115 Å². The molecule has 0 radical (unpaired) electrons. The SMILES string of the molecule is CCOP(=O)(OCC)C(F)(F)C1CCCCC1Br. The van der Waals surface area contributed by atoms with E-state index in [1.54, 1.807) is 0 Å². The fourth-order valence-corrected chi connectivity index (χ4v) is 5.17. The lowest BCUT2D eigenvalue weighted by Gasteiger charge is -2.36. The molecule has 1 rings (SSSR count). The predicted molar refractivity (Wildman–Crippen MR) is 70.5 cm³/mol. The van der Waals surface area contributed by atoms with E-state index in [2.05, 4.69) is 15.9 Å². The van der Waals surface area contributed by atoms with Gasteiger partial charge >= 0.3 is 13.3 Å². The quantitative estimate of drug-likeness (QED) is 0.511. The molecule has 0 saturated heterocycles. The van der Waals surface area contributed by atoms with Crippen LogP contribution < -0.4 is 0 Å². The summed E-state index contributed by atoms with van der Waals surface area (Å²) in [5.74, 6) is -0.991. The van der Waals surface area contributed by atoms with Crippen molar-refractivity contribution in [1.29, 1.82) is 0 Å². The summed E-state index contributed by atoms with van der Waals surface area (Å²) in [6.45, 7) is 2.97. The Kier molecular flexibility index (Phi) is 6.23. The Morgan fingerprint density at radius 1 is 1.22 bits per heavy atom. The van der Waals surface area contributed by atoms with Crippen LogP contribution in [0.1, 0.15) is 39.5 Å². The van der Waals surface area contributed by atoms with Gasteiger partial charge in [0.2, 0.25) is 0 Å². The van der Waals surface area contributed by atoms with Crippen molar-refractivity contribution < 1.29 is 22.4 Å². The molecule has 0 heterocycles. The highest BCUT2D eigenvalue weighted by molar-refractivity contribution is 9.09. The van der Waals surface area contributed by atoms with Crippen LogP contribution in [0.3, 0.4) is 0 Å². The van der Waals surface area contributed by atoms with E-state index in [0.29, 0.717) is 12.8 Å². The van der Waals surface area contributed by atoms with Gasteiger partial charge in [-0.2, -0.15) is 8.78 Å². The highest BCUT2D eigenvalue weighted by Gasteiger charge is 2.60. The predicted octanol–water partition coefficient (Wildman–Crippen LogP) is 4.80. The van der Waals surface area contributed by atoms with Gasteiger partial charge in [-0.05, 0) is 26.7 Å². The Bertz CT molecular complexity index is 305. The largest absolute Gasteiger partial charge is 0.399 e. The van der Waals surface area contributed by atoms with Gasteiger partial charge in [-0.15, -0.1) is 0 Å². The van der Waals surface area contributed by atoms with Crippen molar-refractivity contribution in [3.05, 3.63) is 0 Å². The van der Waals surface area contributed by atoms with E-state index in [1.165, 1.54) is 13.8 Å². The van der Waals surface area contributed by atoms with Gasteiger partial charge in [0.15, 0.2) is 0 Å². The fraction of sp³-hybridized carbons (Fsp3) is 1.00. The third-order valence-electron chi connectivity index (χ3n) is 3.09. The molecule has 18 heavy (non-hydrogen) atoms. The zero-order valence-electron chi connectivity index (χ0n) is 10.7. The Hall–Kier alpha value is 0.490. The van der Waals surface area contributed by atoms with Crippen LogP contribution in [0.4, 0.5) is 8.78 Å². The second-order valence-corrected chi connectivity index (χ2v) is 7.61. The maximum Gasteiger partial charge on any atom is 0.399 e. The minimum Gasteiger partial charge on any atom is -0.305 e. The third kappa shape index (κ3) is 3.33. The second kappa shape index (κ2) is 6.78. The molecule has 2 atom stereocenters. The van der Waals surface area contributed by atoms with Gasteiger partial charge in [0.1, 0.15) is 0 Å². The van der Waals surface area contributed by atoms with Gasteiger partial charge in [0.05, 0.1) is 13.2 Å². The second-order valence-electron chi connectivity index (χ2n) is 4.33. The van der Waals surface area contributed by atoms with Crippen LogP contribution in [0.25, 0.3) is 0 Å². The molecule has 0 aromatic carbocycles. The first-order valence-corrected chi connectivity index (χ1v) is 8.76. The fourth-order valence-electron chi connectivity index (χ4n) is 2.23. The third-order valence-corrected chi connectivity index (χ3v) is 6.45. The van der Waals surface area contributed by atoms with Gasteiger partial charge in [-0.3, -0.25) is 4.57 Å². The van der Waals surface area contributed by atoms with Crippen molar-refractivity contribution in [3.63, 3.8) is 0 Å². The number of rotatable bonds is 6. The topological polar surface area (TPSA) is 35.5 Å². The molecule has 0 bridgehead atoms. The first-order valence-electron chi connectivity index (χ1n) is 6.30. The molecular weight excluding hydrogens is 329 g/mol. The van der Waals surface area contributed by atoms with E-state index in [0.717, 1.165) is 12.8 Å². The van der Waals surface area contributed by atoms with Crippen LogP contribution in [0, 0.1) is 5.92 Å². The van der Waals surface area contributed by atoms with E-state index in [1.807, 2.05) is 0 Å². The smallest absolute Gasteiger partial charge is 0.305 e. The van der Waals surface area contributed by atoms with Crippen LogP contribution in [0.2, 0.25) is 0 Å². The van der Waals surface area contributed by atoms with Crippen LogP contribution in [-0.4, -0.2) is 23.7 Å². The van der Waals surface area contributed by atoms with Gasteiger partial charge in [0, 0.05) is 10.7 Å². The van der Waals surface area contributed by atoms with Crippen LogP contribution in [0.5, 0.6) is 0 Å². The lowest BCUT2D eigenvalue weighted by molar-refractivity contribution is -0.0220. The van der Waals surface area contributed by atoms with Crippen molar-refractivity contribution >= 4 is 23.5 Å². The number of alkyl halides is 3. The summed E-state index contributed by atoms with van der Waals surface area (Å²) < 4.78 is 50.7. The van der Waals surface area contributed by atoms with Crippen LogP contribution in [-0.2, 0) is 13.6 Å². The molecule has 2 unspecified atom stereocenters. The van der Waals surface area contributed by atoms with Gasteiger partial charge in [-0.1, -0.05) is 28.8 Å². The molecule has 0 amide bonds. The van der Waals surface area contributed by atoms with Gasteiger partial charge in [0.25, 0.3) is 0 Å². The highest BCUT2D eigenvalue weighted by Crippen LogP contribution is 2.67. The summed E-state index contributed by atoms with van der Waals surface area (Å²) >= 11 is 3.27. The Morgan fingerprint density at radius 2 is 1.72 bits per heavy atom. The number of hydrogen-bond donors (Lipinski definition) is 0. The van der Waals surface area contributed by atoms with E-state index in [9.17, 15) is 13.3 Å². The molecule has 0 aromatic rings. The molecule has 7 heteroatoms. The van der Waals surface area contributed by atoms with Crippen LogP contribution >= 0.6 is 23.5 Å². The van der Waals surface area contributed by atoms with Crippen molar-refractivity contribution in [2.45, 2.75) is 50.0 Å². The molecule has 0 aromatic heterocycles. The molecule has 0 spiro atoms. The lowest BCUT2D eigenvalue weighted by atomic mass is 9.89. The monoisotopic (exact) mass is 348 g/mol. The summed E-state index contributed by atoms with van der Waals surface area (Å²) in [4.78, 5) is -0.338. The van der Waals surface area contributed by atoms with E-state index < -0.39 is 19.2 Å². The van der Waals surface area contributed by atoms with Crippen LogP contribution in [0.15, 0.2) is 0 Å². The van der Waals surface area contributed by atoms with E-state index >= 15 is 0 Å². The number of halogens is 3. The molecule has 1 aliphatic carbocycles. The van der Waals surface area contributed by atoms with Crippen molar-refractivity contribution in [1.82, 2.24) is 0 Å². The maximum absolute atomic E-state index is 14.4. The minimum atomic E-state index is -4.39. The molecule has 1 saturated carbocycles. The molecule has 1 aliphatic rings.